The van der Waals surface area contributed by atoms with Crippen LogP contribution in [0.3, 0.4) is 0 Å². The molecule has 0 unspecified atom stereocenters. The van der Waals surface area contributed by atoms with Crippen LogP contribution in [0.2, 0.25) is 0 Å². The molecule has 3 heteroatoms. The van der Waals surface area contributed by atoms with E-state index < -0.39 is 11.9 Å². The molecule has 1 fully saturated rings. The minimum Gasteiger partial charge on any atom is -0.468 e. The number of carbonyl (C=O) groups excluding carboxylic acids is 2. The topological polar surface area (TPSA) is 43.4 Å². The Morgan fingerprint density at radius 1 is 0.955 bits per heavy atom. The van der Waals surface area contributed by atoms with E-state index in [9.17, 15) is 9.59 Å². The van der Waals surface area contributed by atoms with E-state index in [1.54, 1.807) is 0 Å². The van der Waals surface area contributed by atoms with Crippen molar-refractivity contribution in [3.05, 3.63) is 71.8 Å². The van der Waals surface area contributed by atoms with Crippen molar-refractivity contribution < 1.29 is 14.3 Å². The fraction of sp³-hybridized carbons (Fsp3) is 0.263. The molecule has 1 saturated carbocycles. The number of methoxy groups -OCH3 is 1. The largest absolute Gasteiger partial charge is 0.468 e. The minimum atomic E-state index is -0.711. The number of rotatable bonds is 3. The van der Waals surface area contributed by atoms with E-state index in [-0.39, 0.29) is 17.6 Å². The summed E-state index contributed by atoms with van der Waals surface area (Å²) in [7, 11) is 1.34. The number of benzene rings is 2. The van der Waals surface area contributed by atoms with Crippen LogP contribution in [-0.2, 0) is 14.3 Å². The Hall–Kier alpha value is -2.42. The van der Waals surface area contributed by atoms with Crippen molar-refractivity contribution in [2.75, 3.05) is 7.11 Å². The molecule has 0 amide bonds. The van der Waals surface area contributed by atoms with Gasteiger partial charge in [-0.05, 0) is 17.0 Å². The van der Waals surface area contributed by atoms with Crippen LogP contribution in [0.1, 0.15) is 29.4 Å². The van der Waals surface area contributed by atoms with Gasteiger partial charge in [0.2, 0.25) is 0 Å². The van der Waals surface area contributed by atoms with Gasteiger partial charge >= 0.3 is 5.97 Å². The molecule has 0 radical (unpaired) electrons. The summed E-state index contributed by atoms with van der Waals surface area (Å²) >= 11 is 0. The Kier molecular flexibility index (Phi) is 4.05. The molecule has 22 heavy (non-hydrogen) atoms. The lowest BCUT2D eigenvalue weighted by Crippen LogP contribution is -2.26. The third-order valence-electron chi connectivity index (χ3n) is 4.43. The van der Waals surface area contributed by atoms with Crippen LogP contribution in [0, 0.1) is 5.92 Å². The molecule has 3 rings (SSSR count). The van der Waals surface area contributed by atoms with E-state index in [2.05, 4.69) is 0 Å². The summed E-state index contributed by atoms with van der Waals surface area (Å²) in [5.74, 6) is -1.33. The third kappa shape index (κ3) is 2.54. The Labute approximate surface area is 129 Å². The van der Waals surface area contributed by atoms with Crippen LogP contribution >= 0.6 is 0 Å². The highest BCUT2D eigenvalue weighted by atomic mass is 16.5. The molecule has 0 aliphatic heterocycles. The Morgan fingerprint density at radius 2 is 1.50 bits per heavy atom. The molecule has 3 nitrogen and oxygen atoms in total. The zero-order valence-electron chi connectivity index (χ0n) is 12.4. The van der Waals surface area contributed by atoms with Gasteiger partial charge in [-0.2, -0.15) is 0 Å². The molecule has 0 N–H and O–H groups in total. The van der Waals surface area contributed by atoms with Gasteiger partial charge in [-0.3, -0.25) is 9.59 Å². The second kappa shape index (κ2) is 6.14. The van der Waals surface area contributed by atoms with Crippen molar-refractivity contribution in [3.63, 3.8) is 0 Å². The van der Waals surface area contributed by atoms with Gasteiger partial charge < -0.3 is 4.74 Å². The zero-order valence-corrected chi connectivity index (χ0v) is 12.4. The first-order valence-electron chi connectivity index (χ1n) is 7.43. The van der Waals surface area contributed by atoms with Gasteiger partial charge in [-0.15, -0.1) is 0 Å². The molecule has 3 atom stereocenters. The summed E-state index contributed by atoms with van der Waals surface area (Å²) in [5, 5.41) is 0. The Bertz CT molecular complexity index is 664. The van der Waals surface area contributed by atoms with Gasteiger partial charge in [0.15, 0.2) is 0 Å². The molecule has 0 aromatic heterocycles. The van der Waals surface area contributed by atoms with Crippen LogP contribution in [0.5, 0.6) is 0 Å². The number of hydrogen-bond acceptors (Lipinski definition) is 3. The fourth-order valence-corrected chi connectivity index (χ4v) is 3.43. The first kappa shape index (κ1) is 14.5. The number of ether oxygens (including phenoxy) is 1. The highest BCUT2D eigenvalue weighted by Gasteiger charge is 2.48. The van der Waals surface area contributed by atoms with Crippen molar-refractivity contribution in [1.29, 1.82) is 0 Å². The van der Waals surface area contributed by atoms with E-state index in [1.165, 1.54) is 7.11 Å². The number of hydrogen-bond donors (Lipinski definition) is 0. The van der Waals surface area contributed by atoms with Crippen molar-refractivity contribution >= 4 is 11.8 Å². The van der Waals surface area contributed by atoms with Gasteiger partial charge in [0, 0.05) is 12.3 Å². The lowest BCUT2D eigenvalue weighted by molar-refractivity contribution is -0.148. The van der Waals surface area contributed by atoms with Crippen molar-refractivity contribution in [3.8, 4) is 0 Å². The molecule has 0 spiro atoms. The van der Waals surface area contributed by atoms with Crippen molar-refractivity contribution in [2.24, 2.45) is 5.92 Å². The van der Waals surface area contributed by atoms with Crippen LogP contribution in [0.25, 0.3) is 0 Å². The molecule has 2 aromatic carbocycles. The molecule has 0 bridgehead atoms. The quantitative estimate of drug-likeness (QED) is 0.644. The van der Waals surface area contributed by atoms with Gasteiger partial charge in [0.05, 0.1) is 7.11 Å². The number of carbonyl (C=O) groups is 2. The summed E-state index contributed by atoms with van der Waals surface area (Å²) < 4.78 is 4.88. The highest BCUT2D eigenvalue weighted by Crippen LogP contribution is 2.48. The van der Waals surface area contributed by atoms with Crippen LogP contribution in [0.15, 0.2) is 60.7 Å². The molecule has 1 aliphatic rings. The van der Waals surface area contributed by atoms with Crippen LogP contribution in [0.4, 0.5) is 0 Å². The summed E-state index contributed by atoms with van der Waals surface area (Å²) in [4.78, 5) is 24.6. The van der Waals surface area contributed by atoms with E-state index >= 15 is 0 Å². The predicted molar refractivity (Wildman–Crippen MR) is 83.5 cm³/mol. The molecular formula is C19H18O3. The molecule has 1 aliphatic carbocycles. The molecule has 0 heterocycles. The van der Waals surface area contributed by atoms with Gasteiger partial charge in [0.1, 0.15) is 11.7 Å². The first-order valence-corrected chi connectivity index (χ1v) is 7.43. The normalized spacial score (nSPS) is 24.2. The number of ketones is 1. The molecule has 2 aromatic rings. The summed E-state index contributed by atoms with van der Waals surface area (Å²) in [6.45, 7) is 0. The van der Waals surface area contributed by atoms with Gasteiger partial charge in [-0.25, -0.2) is 0 Å². The Balaban J connectivity index is 2.06. The minimum absolute atomic E-state index is 0.0141. The summed E-state index contributed by atoms with van der Waals surface area (Å²) in [6, 6.07) is 19.7. The van der Waals surface area contributed by atoms with E-state index in [1.807, 2.05) is 60.7 Å². The smallest absolute Gasteiger partial charge is 0.316 e. The van der Waals surface area contributed by atoms with Gasteiger partial charge in [0.25, 0.3) is 0 Å². The van der Waals surface area contributed by atoms with Gasteiger partial charge in [-0.1, -0.05) is 60.7 Å². The third-order valence-corrected chi connectivity index (χ3v) is 4.43. The molecule has 0 saturated heterocycles. The number of Topliss-reactive ketones (excluding diaryl/α,β-unsaturated/α-hetero) is 1. The fourth-order valence-electron chi connectivity index (χ4n) is 3.43. The summed E-state index contributed by atoms with van der Waals surface area (Å²) in [6.07, 6.45) is 0.378. The van der Waals surface area contributed by atoms with Crippen molar-refractivity contribution in [1.82, 2.24) is 0 Å². The molecule has 112 valence electrons. The van der Waals surface area contributed by atoms with E-state index in [4.69, 9.17) is 4.74 Å². The van der Waals surface area contributed by atoms with E-state index in [0.717, 1.165) is 11.1 Å². The predicted octanol–water partition coefficient (Wildman–Crippen LogP) is 3.32. The zero-order chi connectivity index (χ0) is 15.5. The standard InChI is InChI=1S/C19H18O3/c1-22-19(21)18-16(20)12-15(13-8-4-2-5-9-13)17(18)14-10-6-3-7-11-14/h2-11,15,17-18H,12H2,1H3/t15-,17+,18+/m0/s1. The van der Waals surface area contributed by atoms with Crippen molar-refractivity contribution in [2.45, 2.75) is 18.3 Å². The average molecular weight is 294 g/mol. The first-order chi connectivity index (χ1) is 10.7. The highest BCUT2D eigenvalue weighted by molar-refractivity contribution is 6.02. The second-order valence-corrected chi connectivity index (χ2v) is 5.62. The Morgan fingerprint density at radius 3 is 2.05 bits per heavy atom. The van der Waals surface area contributed by atoms with Crippen LogP contribution in [-0.4, -0.2) is 18.9 Å². The van der Waals surface area contributed by atoms with E-state index in [0.29, 0.717) is 6.42 Å². The SMILES string of the molecule is COC(=O)[C@@H]1C(=O)C[C@@H](c2ccccc2)[C@H]1c1ccccc1. The molecular weight excluding hydrogens is 276 g/mol. The maximum atomic E-state index is 12.4. The maximum Gasteiger partial charge on any atom is 0.316 e. The average Bonchev–Trinajstić information content (AvgIpc) is 2.93. The monoisotopic (exact) mass is 294 g/mol. The van der Waals surface area contributed by atoms with Crippen LogP contribution < -0.4 is 0 Å². The maximum absolute atomic E-state index is 12.4. The lowest BCUT2D eigenvalue weighted by atomic mass is 9.80. The second-order valence-electron chi connectivity index (χ2n) is 5.62. The summed E-state index contributed by atoms with van der Waals surface area (Å²) in [5.41, 5.74) is 2.11. The lowest BCUT2D eigenvalue weighted by Gasteiger charge is -2.23. The number of esters is 1.